The Kier molecular flexibility index (Phi) is 4.72. The van der Waals surface area contributed by atoms with Crippen LogP contribution in [0.4, 0.5) is 11.4 Å². The summed E-state index contributed by atoms with van der Waals surface area (Å²) in [5, 5.41) is 11.1. The topological polar surface area (TPSA) is 87.2 Å². The fraction of sp³-hybridized carbons (Fsp3) is 0.0357. The van der Waals surface area contributed by atoms with Crippen LogP contribution in [0.15, 0.2) is 97.1 Å². The van der Waals surface area contributed by atoms with Gasteiger partial charge < -0.3 is 9.84 Å². The Balaban J connectivity index is 1.32. The van der Waals surface area contributed by atoms with Crippen molar-refractivity contribution in [3.63, 3.8) is 0 Å². The number of aliphatic hydroxyl groups is 1. The molecular weight excluding hydrogens is 444 g/mol. The molecule has 35 heavy (non-hydrogen) atoms. The van der Waals surface area contributed by atoms with Crippen LogP contribution in [-0.2, 0) is 0 Å². The zero-order valence-electron chi connectivity index (χ0n) is 18.3. The number of fused-ring (bicyclic) bond motifs is 2. The minimum Gasteiger partial charge on any atom is -0.457 e. The summed E-state index contributed by atoms with van der Waals surface area (Å²) in [7, 11) is 0. The van der Waals surface area contributed by atoms with Crippen molar-refractivity contribution in [1.29, 1.82) is 0 Å². The summed E-state index contributed by atoms with van der Waals surface area (Å²) in [6, 6.07) is 27.2. The van der Waals surface area contributed by atoms with Crippen molar-refractivity contribution in [3.8, 4) is 11.5 Å². The number of imide groups is 1. The van der Waals surface area contributed by atoms with Crippen LogP contribution in [0.2, 0.25) is 0 Å². The molecule has 170 valence electrons. The van der Waals surface area contributed by atoms with Crippen LogP contribution in [0.3, 0.4) is 0 Å². The predicted molar refractivity (Wildman–Crippen MR) is 129 cm³/mol. The van der Waals surface area contributed by atoms with Crippen molar-refractivity contribution >= 4 is 29.1 Å². The zero-order valence-corrected chi connectivity index (χ0v) is 18.3. The minimum absolute atomic E-state index is 0.317. The molecule has 2 aliphatic rings. The van der Waals surface area contributed by atoms with Gasteiger partial charge in [0.15, 0.2) is 6.23 Å². The number of hydrogen-bond donors (Lipinski definition) is 1. The summed E-state index contributed by atoms with van der Waals surface area (Å²) in [6.45, 7) is 0. The summed E-state index contributed by atoms with van der Waals surface area (Å²) in [5.74, 6) is -0.123. The molecule has 0 aliphatic carbocycles. The van der Waals surface area contributed by atoms with Gasteiger partial charge in [0.1, 0.15) is 11.5 Å². The first kappa shape index (κ1) is 20.8. The van der Waals surface area contributed by atoms with Gasteiger partial charge in [0.2, 0.25) is 0 Å². The standard InChI is InChI=1S/C28H18N2O5/c31-25-21-11-4-5-12-22(21)26(32)29(25)17-7-6-8-18(15-17)30-27(33)23-14-13-20(16-24(23)28(30)34)35-19-9-2-1-3-10-19/h1-16,28,34H. The van der Waals surface area contributed by atoms with Crippen molar-refractivity contribution in [2.24, 2.45) is 0 Å². The van der Waals surface area contributed by atoms with Gasteiger partial charge in [-0.1, -0.05) is 36.4 Å². The number of nitrogens with zero attached hydrogens (tertiary/aromatic N) is 2. The first-order chi connectivity index (χ1) is 17.0. The van der Waals surface area contributed by atoms with E-state index >= 15 is 0 Å². The highest BCUT2D eigenvalue weighted by Crippen LogP contribution is 2.40. The molecule has 2 heterocycles. The number of aliphatic hydroxyl groups excluding tert-OH is 1. The van der Waals surface area contributed by atoms with E-state index in [9.17, 15) is 19.5 Å². The molecule has 0 aromatic heterocycles. The van der Waals surface area contributed by atoms with E-state index in [1.165, 1.54) is 4.90 Å². The van der Waals surface area contributed by atoms with Gasteiger partial charge in [-0.05, 0) is 60.7 Å². The Morgan fingerprint density at radius 3 is 1.97 bits per heavy atom. The quantitative estimate of drug-likeness (QED) is 0.435. The second-order valence-corrected chi connectivity index (χ2v) is 8.22. The van der Waals surface area contributed by atoms with Crippen LogP contribution in [0, 0.1) is 0 Å². The van der Waals surface area contributed by atoms with Gasteiger partial charge in [0, 0.05) is 16.8 Å². The van der Waals surface area contributed by atoms with Crippen molar-refractivity contribution in [3.05, 3.63) is 119 Å². The smallest absolute Gasteiger partial charge is 0.266 e. The van der Waals surface area contributed by atoms with Gasteiger partial charge in [-0.3, -0.25) is 19.3 Å². The highest BCUT2D eigenvalue weighted by atomic mass is 16.5. The lowest BCUT2D eigenvalue weighted by molar-refractivity contribution is 0.0919. The fourth-order valence-corrected chi connectivity index (χ4v) is 4.48. The molecule has 0 spiro atoms. The highest BCUT2D eigenvalue weighted by molar-refractivity contribution is 6.34. The third kappa shape index (κ3) is 3.29. The molecule has 6 rings (SSSR count). The van der Waals surface area contributed by atoms with Gasteiger partial charge in [-0.25, -0.2) is 4.90 Å². The summed E-state index contributed by atoms with van der Waals surface area (Å²) in [4.78, 5) is 41.3. The molecule has 7 heteroatoms. The predicted octanol–water partition coefficient (Wildman–Crippen LogP) is 4.93. The number of para-hydroxylation sites is 1. The van der Waals surface area contributed by atoms with Gasteiger partial charge in [-0.2, -0.15) is 0 Å². The third-order valence-corrected chi connectivity index (χ3v) is 6.13. The average molecular weight is 462 g/mol. The van der Waals surface area contributed by atoms with Crippen molar-refractivity contribution in [2.75, 3.05) is 9.80 Å². The van der Waals surface area contributed by atoms with Crippen LogP contribution in [0.5, 0.6) is 11.5 Å². The summed E-state index contributed by atoms with van der Waals surface area (Å²) < 4.78 is 5.85. The Morgan fingerprint density at radius 1 is 0.600 bits per heavy atom. The summed E-state index contributed by atoms with van der Waals surface area (Å²) in [6.07, 6.45) is -1.26. The first-order valence-electron chi connectivity index (χ1n) is 11.0. The Labute approximate surface area is 200 Å². The Morgan fingerprint density at radius 2 is 1.26 bits per heavy atom. The number of carbonyl (C=O) groups excluding carboxylic acids is 3. The molecule has 7 nitrogen and oxygen atoms in total. The van der Waals surface area contributed by atoms with Crippen LogP contribution in [0.25, 0.3) is 0 Å². The summed E-state index contributed by atoms with van der Waals surface area (Å²) in [5.41, 5.74) is 2.10. The number of benzene rings is 4. The Hall–Kier alpha value is -4.75. The molecule has 1 unspecified atom stereocenters. The number of carbonyl (C=O) groups is 3. The van der Waals surface area contributed by atoms with Crippen LogP contribution >= 0.6 is 0 Å². The van der Waals surface area contributed by atoms with E-state index < -0.39 is 23.9 Å². The third-order valence-electron chi connectivity index (χ3n) is 6.13. The van der Waals surface area contributed by atoms with Gasteiger partial charge >= 0.3 is 0 Å². The largest absolute Gasteiger partial charge is 0.457 e. The number of amides is 3. The number of anilines is 2. The van der Waals surface area contributed by atoms with E-state index in [4.69, 9.17) is 4.74 Å². The van der Waals surface area contributed by atoms with E-state index in [0.717, 1.165) is 4.90 Å². The lowest BCUT2D eigenvalue weighted by Crippen LogP contribution is -2.31. The van der Waals surface area contributed by atoms with Crippen molar-refractivity contribution in [2.45, 2.75) is 6.23 Å². The average Bonchev–Trinajstić information content (AvgIpc) is 3.29. The normalized spacial score (nSPS) is 16.5. The van der Waals surface area contributed by atoms with Crippen LogP contribution in [0.1, 0.15) is 42.9 Å². The van der Waals surface area contributed by atoms with E-state index in [2.05, 4.69) is 0 Å². The second kappa shape index (κ2) is 7.93. The van der Waals surface area contributed by atoms with Gasteiger partial charge in [0.25, 0.3) is 17.7 Å². The molecule has 0 saturated heterocycles. The number of ether oxygens (including phenoxy) is 1. The second-order valence-electron chi connectivity index (χ2n) is 8.22. The molecule has 4 aromatic carbocycles. The zero-order chi connectivity index (χ0) is 24.1. The first-order valence-corrected chi connectivity index (χ1v) is 11.0. The van der Waals surface area contributed by atoms with E-state index in [1.54, 1.807) is 66.7 Å². The molecule has 4 aromatic rings. The van der Waals surface area contributed by atoms with Gasteiger partial charge in [0.05, 0.1) is 16.8 Å². The molecule has 0 fully saturated rings. The van der Waals surface area contributed by atoms with Crippen LogP contribution in [-0.4, -0.2) is 22.8 Å². The van der Waals surface area contributed by atoms with Crippen molar-refractivity contribution < 1.29 is 24.2 Å². The Bertz CT molecular complexity index is 1480. The minimum atomic E-state index is -1.26. The van der Waals surface area contributed by atoms with Crippen molar-refractivity contribution in [1.82, 2.24) is 0 Å². The fourth-order valence-electron chi connectivity index (χ4n) is 4.48. The maximum Gasteiger partial charge on any atom is 0.266 e. The van der Waals surface area contributed by atoms with E-state index in [1.807, 2.05) is 30.3 Å². The maximum atomic E-state index is 13.2. The molecule has 2 aliphatic heterocycles. The molecule has 0 bridgehead atoms. The van der Waals surface area contributed by atoms with Crippen LogP contribution < -0.4 is 14.5 Å². The molecule has 1 N–H and O–H groups in total. The monoisotopic (exact) mass is 462 g/mol. The molecule has 0 radical (unpaired) electrons. The number of rotatable bonds is 4. The molecule has 3 amide bonds. The van der Waals surface area contributed by atoms with E-state index in [0.29, 0.717) is 45.1 Å². The summed E-state index contributed by atoms with van der Waals surface area (Å²) >= 11 is 0. The number of hydrogen-bond acceptors (Lipinski definition) is 5. The molecule has 1 atom stereocenters. The SMILES string of the molecule is O=C1c2ccccc2C(=O)N1c1cccc(N2C(=O)c3ccc(Oc4ccccc4)cc3C2O)c1. The van der Waals surface area contributed by atoms with E-state index in [-0.39, 0.29) is 0 Å². The maximum absolute atomic E-state index is 13.2. The highest BCUT2D eigenvalue weighted by Gasteiger charge is 2.39. The lowest BCUT2D eigenvalue weighted by atomic mass is 10.1. The van der Waals surface area contributed by atoms with Gasteiger partial charge in [-0.15, -0.1) is 0 Å². The molecular formula is C28H18N2O5. The molecule has 0 saturated carbocycles. The lowest BCUT2D eigenvalue weighted by Gasteiger charge is -2.23.